The maximum Gasteiger partial charge on any atom is 0.286 e. The van der Waals surface area contributed by atoms with E-state index in [0.717, 1.165) is 6.42 Å². The number of aromatic nitrogens is 4. The normalized spacial score (nSPS) is 17.7. The van der Waals surface area contributed by atoms with Crippen LogP contribution in [-0.2, 0) is 17.1 Å². The zero-order valence-electron chi connectivity index (χ0n) is 16.0. The highest BCUT2D eigenvalue weighted by molar-refractivity contribution is 7.89. The Kier molecular flexibility index (Phi) is 5.87. The van der Waals surface area contributed by atoms with Crippen molar-refractivity contribution in [3.63, 3.8) is 0 Å². The zero-order chi connectivity index (χ0) is 21.3. The van der Waals surface area contributed by atoms with Crippen molar-refractivity contribution >= 4 is 44.6 Å². The number of anilines is 1. The molecule has 30 heavy (non-hydrogen) atoms. The molecule has 0 radical (unpaired) electrons. The van der Waals surface area contributed by atoms with Crippen molar-refractivity contribution in [2.45, 2.75) is 23.8 Å². The summed E-state index contributed by atoms with van der Waals surface area (Å²) in [6.45, 7) is 0.708. The molecule has 0 unspecified atom stereocenters. The predicted octanol–water partition coefficient (Wildman–Crippen LogP) is 2.75. The third-order valence-corrected chi connectivity index (χ3v) is 7.81. The molecule has 1 atom stereocenters. The molecule has 2 aromatic heterocycles. The Morgan fingerprint density at radius 3 is 2.90 bits per heavy atom. The first-order valence-corrected chi connectivity index (χ1v) is 11.8. The van der Waals surface area contributed by atoms with Crippen LogP contribution in [0.25, 0.3) is 0 Å². The monoisotopic (exact) mass is 466 g/mol. The Balaban J connectivity index is 1.47. The van der Waals surface area contributed by atoms with Crippen LogP contribution < -0.4 is 5.32 Å². The number of rotatable bonds is 5. The first-order chi connectivity index (χ1) is 14.3. The highest BCUT2D eigenvalue weighted by Crippen LogP contribution is 2.31. The van der Waals surface area contributed by atoms with E-state index in [2.05, 4.69) is 20.5 Å². The average molecular weight is 467 g/mol. The number of nitrogens with zero attached hydrogens (tertiary/aromatic N) is 5. The van der Waals surface area contributed by atoms with Crippen LogP contribution in [0.3, 0.4) is 0 Å². The van der Waals surface area contributed by atoms with E-state index in [1.165, 1.54) is 28.2 Å². The van der Waals surface area contributed by atoms with Crippen LogP contribution in [0, 0.1) is 0 Å². The van der Waals surface area contributed by atoms with Gasteiger partial charge in [-0.1, -0.05) is 29.0 Å². The molecule has 1 N–H and O–H groups in total. The largest absolute Gasteiger partial charge is 0.339 e. The number of halogens is 1. The molecule has 4 rings (SSSR count). The number of hydrogen-bond acceptors (Lipinski definition) is 7. The van der Waals surface area contributed by atoms with Gasteiger partial charge in [-0.3, -0.25) is 4.79 Å². The summed E-state index contributed by atoms with van der Waals surface area (Å²) in [6, 6.07) is 6.83. The second-order valence-corrected chi connectivity index (χ2v) is 10.3. The van der Waals surface area contributed by atoms with E-state index < -0.39 is 10.0 Å². The van der Waals surface area contributed by atoms with Gasteiger partial charge in [0, 0.05) is 43.0 Å². The third-order valence-electron chi connectivity index (χ3n) is 4.74. The van der Waals surface area contributed by atoms with Gasteiger partial charge in [0.05, 0.1) is 6.33 Å². The first-order valence-electron chi connectivity index (χ1n) is 9.21. The third kappa shape index (κ3) is 4.38. The van der Waals surface area contributed by atoms with Crippen molar-refractivity contribution in [1.82, 2.24) is 24.1 Å². The maximum absolute atomic E-state index is 12.9. The summed E-state index contributed by atoms with van der Waals surface area (Å²) in [7, 11) is -1.95. The fourth-order valence-electron chi connectivity index (χ4n) is 3.26. The standard InChI is InChI=1S/C18H19ClN6O3S2/c1-24-10-15(20-11-24)30(27,28)25-7-3-4-12(9-25)17-22-23-18(29-17)16(26)21-14-6-2-5-13(19)8-14/h2,5-6,8,10-12H,3-4,7,9H2,1H3,(H,21,26)/t12-/m0/s1. The SMILES string of the molecule is Cn1cnc(S(=O)(=O)N2CCC[C@H](c3nnc(C(=O)Nc4cccc(Cl)c4)s3)C2)c1. The molecule has 9 nitrogen and oxygen atoms in total. The molecule has 1 aliphatic rings. The molecule has 3 heterocycles. The Hall–Kier alpha value is -2.34. The molecule has 0 aliphatic carbocycles. The average Bonchev–Trinajstić information content (AvgIpc) is 3.38. The Morgan fingerprint density at radius 2 is 2.17 bits per heavy atom. The number of carbonyl (C=O) groups is 1. The van der Waals surface area contributed by atoms with Crippen LogP contribution in [0.15, 0.2) is 41.8 Å². The van der Waals surface area contributed by atoms with Crippen molar-refractivity contribution in [1.29, 1.82) is 0 Å². The maximum atomic E-state index is 12.9. The second-order valence-electron chi connectivity index (χ2n) is 6.99. The molecule has 12 heteroatoms. The minimum absolute atomic E-state index is 0.0319. The predicted molar refractivity (Wildman–Crippen MR) is 113 cm³/mol. The van der Waals surface area contributed by atoms with Gasteiger partial charge in [-0.15, -0.1) is 10.2 Å². The molecule has 0 spiro atoms. The summed E-state index contributed by atoms with van der Waals surface area (Å²) >= 11 is 7.11. The lowest BCUT2D eigenvalue weighted by atomic mass is 10.0. The molecule has 0 saturated carbocycles. The molecule has 0 bridgehead atoms. The van der Waals surface area contributed by atoms with Gasteiger partial charge < -0.3 is 9.88 Å². The topological polar surface area (TPSA) is 110 Å². The Morgan fingerprint density at radius 1 is 1.33 bits per heavy atom. The zero-order valence-corrected chi connectivity index (χ0v) is 18.4. The summed E-state index contributed by atoms with van der Waals surface area (Å²) in [4.78, 5) is 16.4. The van der Waals surface area contributed by atoms with Crippen LogP contribution in [0.2, 0.25) is 5.02 Å². The van der Waals surface area contributed by atoms with Gasteiger partial charge in [-0.05, 0) is 31.0 Å². The van der Waals surface area contributed by atoms with E-state index in [4.69, 9.17) is 11.6 Å². The lowest BCUT2D eigenvalue weighted by Gasteiger charge is -2.30. The van der Waals surface area contributed by atoms with Gasteiger partial charge in [0.2, 0.25) is 5.01 Å². The highest BCUT2D eigenvalue weighted by atomic mass is 35.5. The van der Waals surface area contributed by atoms with Gasteiger partial charge in [0.1, 0.15) is 5.01 Å². The number of aryl methyl sites for hydroxylation is 1. The first kappa shape index (κ1) is 20.9. The van der Waals surface area contributed by atoms with Crippen LogP contribution in [-0.4, -0.2) is 51.5 Å². The number of sulfonamides is 1. The summed E-state index contributed by atoms with van der Waals surface area (Å²) < 4.78 is 28.8. The molecule has 1 aromatic carbocycles. The minimum atomic E-state index is -3.67. The Bertz CT molecular complexity index is 1180. The van der Waals surface area contributed by atoms with Crippen LogP contribution >= 0.6 is 22.9 Å². The van der Waals surface area contributed by atoms with Gasteiger partial charge in [0.15, 0.2) is 5.03 Å². The van der Waals surface area contributed by atoms with E-state index in [0.29, 0.717) is 28.7 Å². The number of carbonyl (C=O) groups excluding carboxylic acids is 1. The van der Waals surface area contributed by atoms with Crippen LogP contribution in [0.4, 0.5) is 5.69 Å². The molecule has 1 aliphatic heterocycles. The number of amides is 1. The van der Waals surface area contributed by atoms with Crippen molar-refractivity contribution in [2.75, 3.05) is 18.4 Å². The Labute approximate surface area is 182 Å². The summed E-state index contributed by atoms with van der Waals surface area (Å²) in [5, 5.41) is 12.3. The van der Waals surface area contributed by atoms with Gasteiger partial charge in [0.25, 0.3) is 15.9 Å². The highest BCUT2D eigenvalue weighted by Gasteiger charge is 2.34. The quantitative estimate of drug-likeness (QED) is 0.619. The summed E-state index contributed by atoms with van der Waals surface area (Å²) in [5.74, 6) is -0.503. The lowest BCUT2D eigenvalue weighted by Crippen LogP contribution is -2.39. The molecule has 158 valence electrons. The number of nitrogens with one attached hydrogen (secondary N) is 1. The van der Waals surface area contributed by atoms with E-state index in [-0.39, 0.29) is 28.4 Å². The van der Waals surface area contributed by atoms with Crippen LogP contribution in [0.1, 0.15) is 33.6 Å². The number of piperidine rings is 1. The van der Waals surface area contributed by atoms with Crippen LogP contribution in [0.5, 0.6) is 0 Å². The lowest BCUT2D eigenvalue weighted by molar-refractivity contribution is 0.102. The molecular formula is C18H19ClN6O3S2. The van der Waals surface area contributed by atoms with Crippen molar-refractivity contribution in [3.8, 4) is 0 Å². The van der Waals surface area contributed by atoms with Crippen molar-refractivity contribution < 1.29 is 13.2 Å². The molecular weight excluding hydrogens is 448 g/mol. The fraction of sp³-hybridized carbons (Fsp3) is 0.333. The molecule has 1 amide bonds. The smallest absolute Gasteiger partial charge is 0.286 e. The molecule has 3 aromatic rings. The molecule has 1 fully saturated rings. The van der Waals surface area contributed by atoms with Crippen molar-refractivity contribution in [2.24, 2.45) is 7.05 Å². The van der Waals surface area contributed by atoms with Crippen molar-refractivity contribution in [3.05, 3.63) is 51.8 Å². The summed E-state index contributed by atoms with van der Waals surface area (Å²) in [6.07, 6.45) is 4.42. The number of imidazole rings is 1. The minimum Gasteiger partial charge on any atom is -0.339 e. The fourth-order valence-corrected chi connectivity index (χ4v) is 5.80. The summed E-state index contributed by atoms with van der Waals surface area (Å²) in [5.41, 5.74) is 0.564. The van der Waals surface area contributed by atoms with E-state index >= 15 is 0 Å². The molecule has 1 saturated heterocycles. The second kappa shape index (κ2) is 8.42. The van der Waals surface area contributed by atoms with E-state index in [9.17, 15) is 13.2 Å². The van der Waals surface area contributed by atoms with E-state index in [1.54, 1.807) is 35.9 Å². The number of benzene rings is 1. The van der Waals surface area contributed by atoms with Gasteiger partial charge in [-0.25, -0.2) is 13.4 Å². The van der Waals surface area contributed by atoms with E-state index in [1.807, 2.05) is 0 Å². The van der Waals surface area contributed by atoms with Gasteiger partial charge >= 0.3 is 0 Å². The van der Waals surface area contributed by atoms with Gasteiger partial charge in [-0.2, -0.15) is 4.31 Å². The number of hydrogen-bond donors (Lipinski definition) is 1.